The Kier molecular flexibility index (Phi) is 3.49. The number of hydrogen-bond donors (Lipinski definition) is 2. The number of sulfonamides is 1. The zero-order valence-corrected chi connectivity index (χ0v) is 12.7. The van der Waals surface area contributed by atoms with Crippen LogP contribution in [0.4, 0.5) is 0 Å². The van der Waals surface area contributed by atoms with Gasteiger partial charge in [0.1, 0.15) is 5.56 Å². The van der Waals surface area contributed by atoms with Gasteiger partial charge in [0.05, 0.1) is 24.1 Å². The fourth-order valence-corrected chi connectivity index (χ4v) is 3.73. The summed E-state index contributed by atoms with van der Waals surface area (Å²) in [7, 11) is -2.26. The number of carboxylic acid groups (broad SMARTS) is 1. The SMILES string of the molecule is Cn1nccc1S(=O)(=O)NCc1nn2c(c1C(=O)O)CCC2. The molecule has 0 fully saturated rings. The Bertz CT molecular complexity index is 836. The maximum absolute atomic E-state index is 12.2. The first-order valence-electron chi connectivity index (χ1n) is 6.69. The van der Waals surface area contributed by atoms with Gasteiger partial charge in [0.15, 0.2) is 5.03 Å². The average Bonchev–Trinajstić information content (AvgIpc) is 3.10. The van der Waals surface area contributed by atoms with Gasteiger partial charge in [-0.2, -0.15) is 10.2 Å². The van der Waals surface area contributed by atoms with Crippen LogP contribution in [0.1, 0.15) is 28.2 Å². The van der Waals surface area contributed by atoms with E-state index in [1.54, 1.807) is 4.68 Å². The Hall–Kier alpha value is -2.20. The van der Waals surface area contributed by atoms with Crippen molar-refractivity contribution in [2.75, 3.05) is 0 Å². The highest BCUT2D eigenvalue weighted by molar-refractivity contribution is 7.89. The fraction of sp³-hybridized carbons (Fsp3) is 0.417. The molecule has 0 saturated heterocycles. The monoisotopic (exact) mass is 325 g/mol. The second-order valence-electron chi connectivity index (χ2n) is 5.02. The molecule has 2 N–H and O–H groups in total. The van der Waals surface area contributed by atoms with E-state index >= 15 is 0 Å². The third-order valence-electron chi connectivity index (χ3n) is 3.61. The number of hydrogen-bond acceptors (Lipinski definition) is 5. The molecule has 0 amide bonds. The topological polar surface area (TPSA) is 119 Å². The lowest BCUT2D eigenvalue weighted by molar-refractivity contribution is 0.0694. The molecule has 0 spiro atoms. The summed E-state index contributed by atoms with van der Waals surface area (Å²) >= 11 is 0. The van der Waals surface area contributed by atoms with E-state index in [0.717, 1.165) is 6.42 Å². The summed E-state index contributed by atoms with van der Waals surface area (Å²) in [6, 6.07) is 1.37. The molecule has 0 unspecified atom stereocenters. The van der Waals surface area contributed by atoms with E-state index in [0.29, 0.717) is 18.7 Å². The minimum atomic E-state index is -3.77. The number of aromatic nitrogens is 4. The predicted molar refractivity (Wildman–Crippen MR) is 74.7 cm³/mol. The van der Waals surface area contributed by atoms with Crippen LogP contribution in [0.2, 0.25) is 0 Å². The van der Waals surface area contributed by atoms with Crippen LogP contribution in [-0.4, -0.2) is 39.1 Å². The number of rotatable bonds is 5. The summed E-state index contributed by atoms with van der Waals surface area (Å²) in [6.45, 7) is 0.485. The normalized spacial score (nSPS) is 14.2. The van der Waals surface area contributed by atoms with Crippen LogP contribution in [0.15, 0.2) is 17.3 Å². The van der Waals surface area contributed by atoms with Gasteiger partial charge in [0.25, 0.3) is 10.0 Å². The number of fused-ring (bicyclic) bond motifs is 1. The van der Waals surface area contributed by atoms with Crippen LogP contribution >= 0.6 is 0 Å². The average molecular weight is 325 g/mol. The van der Waals surface area contributed by atoms with Gasteiger partial charge in [-0.3, -0.25) is 9.36 Å². The van der Waals surface area contributed by atoms with Gasteiger partial charge in [0, 0.05) is 13.6 Å². The van der Waals surface area contributed by atoms with Crippen LogP contribution in [0.25, 0.3) is 0 Å². The fourth-order valence-electron chi connectivity index (χ4n) is 2.62. The molecule has 0 atom stereocenters. The van der Waals surface area contributed by atoms with E-state index in [1.807, 2.05) is 0 Å². The minimum absolute atomic E-state index is 0.0103. The highest BCUT2D eigenvalue weighted by Gasteiger charge is 2.27. The lowest BCUT2D eigenvalue weighted by Gasteiger charge is -2.06. The van der Waals surface area contributed by atoms with Crippen molar-refractivity contribution in [2.24, 2.45) is 7.05 Å². The van der Waals surface area contributed by atoms with Gasteiger partial charge in [-0.25, -0.2) is 17.9 Å². The van der Waals surface area contributed by atoms with Gasteiger partial charge in [-0.05, 0) is 18.9 Å². The van der Waals surface area contributed by atoms with E-state index in [-0.39, 0.29) is 22.8 Å². The number of nitrogens with one attached hydrogen (secondary N) is 1. The van der Waals surface area contributed by atoms with Crippen LogP contribution in [0.5, 0.6) is 0 Å². The van der Waals surface area contributed by atoms with Crippen LogP contribution in [0.3, 0.4) is 0 Å². The molecule has 1 aliphatic rings. The lowest BCUT2D eigenvalue weighted by Crippen LogP contribution is -2.26. The maximum Gasteiger partial charge on any atom is 0.339 e. The molecule has 2 aromatic heterocycles. The predicted octanol–water partition coefficient (Wildman–Crippen LogP) is -0.260. The third kappa shape index (κ3) is 2.40. The van der Waals surface area contributed by atoms with Gasteiger partial charge >= 0.3 is 5.97 Å². The number of aromatic carboxylic acids is 1. The van der Waals surface area contributed by atoms with E-state index in [1.165, 1.54) is 24.0 Å². The molecule has 0 aliphatic carbocycles. The molecule has 0 saturated carbocycles. The number of carbonyl (C=O) groups is 1. The Morgan fingerprint density at radius 2 is 2.27 bits per heavy atom. The molecule has 9 nitrogen and oxygen atoms in total. The number of aryl methyl sites for hydroxylation is 2. The smallest absolute Gasteiger partial charge is 0.339 e. The molecule has 10 heteroatoms. The minimum Gasteiger partial charge on any atom is -0.478 e. The molecule has 0 radical (unpaired) electrons. The highest BCUT2D eigenvalue weighted by atomic mass is 32.2. The Morgan fingerprint density at radius 3 is 2.91 bits per heavy atom. The van der Waals surface area contributed by atoms with Crippen molar-refractivity contribution < 1.29 is 18.3 Å². The van der Waals surface area contributed by atoms with E-state index in [4.69, 9.17) is 0 Å². The molecular weight excluding hydrogens is 310 g/mol. The summed E-state index contributed by atoms with van der Waals surface area (Å²) in [5.74, 6) is -1.09. The molecular formula is C12H15N5O4S. The second kappa shape index (κ2) is 5.21. The van der Waals surface area contributed by atoms with E-state index < -0.39 is 16.0 Å². The van der Waals surface area contributed by atoms with Gasteiger partial charge in [0.2, 0.25) is 0 Å². The van der Waals surface area contributed by atoms with Gasteiger partial charge in [-0.15, -0.1) is 0 Å². The van der Waals surface area contributed by atoms with Crippen molar-refractivity contribution in [3.63, 3.8) is 0 Å². The van der Waals surface area contributed by atoms with Crippen molar-refractivity contribution in [2.45, 2.75) is 31.0 Å². The zero-order valence-electron chi connectivity index (χ0n) is 11.9. The highest BCUT2D eigenvalue weighted by Crippen LogP contribution is 2.22. The summed E-state index contributed by atoms with van der Waals surface area (Å²) in [6.07, 6.45) is 2.87. The second-order valence-corrected chi connectivity index (χ2v) is 6.73. The maximum atomic E-state index is 12.2. The first-order valence-corrected chi connectivity index (χ1v) is 8.18. The summed E-state index contributed by atoms with van der Waals surface area (Å²) in [4.78, 5) is 11.4. The van der Waals surface area contributed by atoms with Gasteiger partial charge in [-0.1, -0.05) is 0 Å². The standard InChI is InChI=1S/C12H15N5O4S/c1-16-10(4-5-13-16)22(20,21)14-7-8-11(12(18)19)9-3-2-6-17(9)15-8/h4-5,14H,2-3,6-7H2,1H3,(H,18,19). The molecule has 118 valence electrons. The quantitative estimate of drug-likeness (QED) is 0.781. The Labute approximate surface area is 126 Å². The summed E-state index contributed by atoms with van der Waals surface area (Å²) in [5.41, 5.74) is 0.986. The van der Waals surface area contributed by atoms with Crippen LogP contribution in [-0.2, 0) is 36.6 Å². The first-order chi connectivity index (χ1) is 10.4. The number of nitrogens with zero attached hydrogens (tertiary/aromatic N) is 4. The summed E-state index contributed by atoms with van der Waals surface area (Å²) < 4.78 is 29.6. The first kappa shape index (κ1) is 14.7. The van der Waals surface area contributed by atoms with Crippen molar-refractivity contribution in [1.82, 2.24) is 24.3 Å². The molecule has 22 heavy (non-hydrogen) atoms. The van der Waals surface area contributed by atoms with Crippen molar-refractivity contribution in [3.05, 3.63) is 29.2 Å². The van der Waals surface area contributed by atoms with Gasteiger partial charge < -0.3 is 5.11 Å². The van der Waals surface area contributed by atoms with Crippen molar-refractivity contribution in [1.29, 1.82) is 0 Å². The Balaban J connectivity index is 1.86. The molecule has 0 aromatic carbocycles. The number of carboxylic acids is 1. The largest absolute Gasteiger partial charge is 0.478 e. The lowest BCUT2D eigenvalue weighted by atomic mass is 10.1. The van der Waals surface area contributed by atoms with Crippen LogP contribution in [0, 0.1) is 0 Å². The molecule has 3 heterocycles. The van der Waals surface area contributed by atoms with Crippen molar-refractivity contribution in [3.8, 4) is 0 Å². The third-order valence-corrected chi connectivity index (χ3v) is 5.08. The summed E-state index contributed by atoms with van der Waals surface area (Å²) in [5, 5.41) is 17.4. The zero-order chi connectivity index (χ0) is 15.9. The van der Waals surface area contributed by atoms with E-state index in [2.05, 4.69) is 14.9 Å². The Morgan fingerprint density at radius 1 is 1.50 bits per heavy atom. The van der Waals surface area contributed by atoms with E-state index in [9.17, 15) is 18.3 Å². The molecule has 0 bridgehead atoms. The molecule has 3 rings (SSSR count). The van der Waals surface area contributed by atoms with Crippen LogP contribution < -0.4 is 4.72 Å². The van der Waals surface area contributed by atoms with Crippen molar-refractivity contribution >= 4 is 16.0 Å². The molecule has 2 aromatic rings. The molecule has 1 aliphatic heterocycles.